The number of nitrogens with one attached hydrogen (secondary N) is 1. The Balaban J connectivity index is 3.02. The molecule has 0 saturated carbocycles. The van der Waals surface area contributed by atoms with Gasteiger partial charge in [-0.25, -0.2) is 0 Å². The maximum atomic E-state index is 10.7. The Bertz CT molecular complexity index is 466. The van der Waals surface area contributed by atoms with Crippen LogP contribution in [0.3, 0.4) is 0 Å². The fraction of sp³-hybridized carbons (Fsp3) is 0.364. The highest BCUT2D eigenvalue weighted by atomic mass is 32.1. The number of anilines is 2. The zero-order chi connectivity index (χ0) is 13.2. The van der Waals surface area contributed by atoms with Crippen molar-refractivity contribution >= 4 is 34.3 Å². The average Bonchev–Trinajstić information content (AvgIpc) is 2.19. The fourth-order valence-electron chi connectivity index (χ4n) is 1.08. The number of nitro groups is 1. The number of rotatable bonds is 2. The second-order valence-corrected chi connectivity index (χ2v) is 5.14. The number of thiocarbonyl (C=S) groups is 1. The molecule has 0 saturated heterocycles. The van der Waals surface area contributed by atoms with Crippen LogP contribution in [0.2, 0.25) is 0 Å². The van der Waals surface area contributed by atoms with Gasteiger partial charge in [0.05, 0.1) is 21.3 Å². The number of nitrogens with two attached hydrogens (primary N) is 1. The summed E-state index contributed by atoms with van der Waals surface area (Å²) in [6.07, 6.45) is 0. The van der Waals surface area contributed by atoms with Crippen LogP contribution >= 0.6 is 12.2 Å². The lowest BCUT2D eigenvalue weighted by Gasteiger charge is -2.21. The Labute approximate surface area is 105 Å². The minimum atomic E-state index is -0.468. The van der Waals surface area contributed by atoms with Gasteiger partial charge >= 0.3 is 0 Å². The van der Waals surface area contributed by atoms with Gasteiger partial charge in [0.1, 0.15) is 0 Å². The van der Waals surface area contributed by atoms with Crippen molar-refractivity contribution < 1.29 is 4.92 Å². The number of hydrogen-bond acceptors (Lipinski definition) is 4. The van der Waals surface area contributed by atoms with E-state index in [9.17, 15) is 10.1 Å². The Hall–Kier alpha value is -1.69. The lowest BCUT2D eigenvalue weighted by atomic mass is 9.96. The van der Waals surface area contributed by atoms with Crippen LogP contribution in [0, 0.1) is 15.5 Å². The summed E-state index contributed by atoms with van der Waals surface area (Å²) in [5.41, 5.74) is 6.41. The zero-order valence-electron chi connectivity index (χ0n) is 9.98. The maximum Gasteiger partial charge on any atom is 0.271 e. The molecule has 0 spiro atoms. The summed E-state index contributed by atoms with van der Waals surface area (Å²) in [7, 11) is 0. The molecular formula is C11H15N3O2S. The lowest BCUT2D eigenvalue weighted by Crippen LogP contribution is -2.26. The van der Waals surface area contributed by atoms with Crippen LogP contribution in [0.4, 0.5) is 17.1 Å². The van der Waals surface area contributed by atoms with Crippen molar-refractivity contribution in [2.75, 3.05) is 11.1 Å². The Morgan fingerprint density at radius 1 is 1.47 bits per heavy atom. The molecule has 1 aromatic rings. The third kappa shape index (κ3) is 3.39. The van der Waals surface area contributed by atoms with Gasteiger partial charge in [-0.05, 0) is 6.07 Å². The summed E-state index contributed by atoms with van der Waals surface area (Å²) in [5, 5.41) is 13.6. The monoisotopic (exact) mass is 253 g/mol. The molecule has 0 heterocycles. The zero-order valence-corrected chi connectivity index (χ0v) is 10.8. The van der Waals surface area contributed by atoms with Crippen LogP contribution in [-0.2, 0) is 0 Å². The van der Waals surface area contributed by atoms with Crippen LogP contribution in [-0.4, -0.2) is 9.91 Å². The highest BCUT2D eigenvalue weighted by Gasteiger charge is 2.18. The highest BCUT2D eigenvalue weighted by molar-refractivity contribution is 7.80. The second-order valence-electron chi connectivity index (χ2n) is 4.73. The number of non-ortho nitro benzene ring substituents is 1. The summed E-state index contributed by atoms with van der Waals surface area (Å²) in [4.78, 5) is 10.8. The quantitative estimate of drug-likeness (QED) is 0.366. The van der Waals surface area contributed by atoms with Crippen molar-refractivity contribution in [1.29, 1.82) is 0 Å². The topological polar surface area (TPSA) is 81.2 Å². The van der Waals surface area contributed by atoms with Gasteiger partial charge in [0, 0.05) is 17.5 Å². The molecule has 0 bridgehead atoms. The van der Waals surface area contributed by atoms with E-state index in [4.69, 9.17) is 18.0 Å². The molecule has 3 N–H and O–H groups in total. The first-order valence-electron chi connectivity index (χ1n) is 5.07. The molecule has 0 aliphatic heterocycles. The number of hydrogen-bond donors (Lipinski definition) is 2. The molecule has 1 rings (SSSR count). The first-order valence-corrected chi connectivity index (χ1v) is 5.48. The molecular weight excluding hydrogens is 238 g/mol. The van der Waals surface area contributed by atoms with Crippen molar-refractivity contribution in [2.45, 2.75) is 20.8 Å². The fourth-order valence-corrected chi connectivity index (χ4v) is 1.19. The standard InChI is InChI=1S/C11H15N3O2S/c1-11(2,3)10(17)13-9-6-7(14(15)16)4-5-8(9)12/h4-6H,12H2,1-3H3,(H,13,17). The molecule has 0 radical (unpaired) electrons. The second kappa shape index (κ2) is 4.67. The van der Waals surface area contributed by atoms with E-state index in [0.29, 0.717) is 16.4 Å². The van der Waals surface area contributed by atoms with E-state index in [1.807, 2.05) is 20.8 Å². The normalized spacial score (nSPS) is 11.0. The van der Waals surface area contributed by atoms with Gasteiger partial charge in [-0.1, -0.05) is 33.0 Å². The van der Waals surface area contributed by atoms with E-state index in [1.165, 1.54) is 18.2 Å². The van der Waals surface area contributed by atoms with Crippen molar-refractivity contribution in [2.24, 2.45) is 5.41 Å². The van der Waals surface area contributed by atoms with E-state index in [1.54, 1.807) is 0 Å². The summed E-state index contributed by atoms with van der Waals surface area (Å²) >= 11 is 5.21. The predicted molar refractivity (Wildman–Crippen MR) is 73.2 cm³/mol. The van der Waals surface area contributed by atoms with E-state index in [2.05, 4.69) is 5.32 Å². The lowest BCUT2D eigenvalue weighted by molar-refractivity contribution is -0.384. The Morgan fingerprint density at radius 2 is 2.06 bits per heavy atom. The molecule has 5 nitrogen and oxygen atoms in total. The van der Waals surface area contributed by atoms with Gasteiger partial charge in [0.25, 0.3) is 5.69 Å². The van der Waals surface area contributed by atoms with E-state index < -0.39 is 4.92 Å². The van der Waals surface area contributed by atoms with Crippen molar-refractivity contribution in [3.05, 3.63) is 28.3 Å². The summed E-state index contributed by atoms with van der Waals surface area (Å²) in [5.74, 6) is 0. The Morgan fingerprint density at radius 3 is 2.53 bits per heavy atom. The van der Waals surface area contributed by atoms with Crippen molar-refractivity contribution in [3.63, 3.8) is 0 Å². The predicted octanol–water partition coefficient (Wildman–Crippen LogP) is 2.96. The third-order valence-electron chi connectivity index (χ3n) is 2.18. The van der Waals surface area contributed by atoms with Gasteiger partial charge in [-0.2, -0.15) is 0 Å². The van der Waals surface area contributed by atoms with Crippen LogP contribution < -0.4 is 11.1 Å². The number of benzene rings is 1. The molecule has 0 atom stereocenters. The minimum Gasteiger partial charge on any atom is -0.397 e. The molecule has 1 aromatic carbocycles. The highest BCUT2D eigenvalue weighted by Crippen LogP contribution is 2.27. The molecule has 0 aliphatic carbocycles. The molecule has 0 unspecified atom stereocenters. The molecule has 0 fully saturated rings. The first kappa shape index (κ1) is 13.4. The van der Waals surface area contributed by atoms with Gasteiger partial charge < -0.3 is 11.1 Å². The minimum absolute atomic E-state index is 0.0154. The van der Waals surface area contributed by atoms with E-state index in [-0.39, 0.29) is 11.1 Å². The van der Waals surface area contributed by atoms with Crippen LogP contribution in [0.25, 0.3) is 0 Å². The molecule has 0 aromatic heterocycles. The van der Waals surface area contributed by atoms with Crippen LogP contribution in [0.1, 0.15) is 20.8 Å². The molecule has 0 amide bonds. The van der Waals surface area contributed by atoms with Crippen molar-refractivity contribution in [3.8, 4) is 0 Å². The Kier molecular flexibility index (Phi) is 3.67. The van der Waals surface area contributed by atoms with E-state index >= 15 is 0 Å². The number of nitrogens with zero attached hydrogens (tertiary/aromatic N) is 1. The van der Waals surface area contributed by atoms with Crippen LogP contribution in [0.5, 0.6) is 0 Å². The number of nitro benzene ring substituents is 1. The molecule has 92 valence electrons. The van der Waals surface area contributed by atoms with E-state index in [0.717, 1.165) is 0 Å². The SMILES string of the molecule is CC(C)(C)C(=S)Nc1cc([N+](=O)[O-])ccc1N. The third-order valence-corrected chi connectivity index (χ3v) is 2.89. The molecule has 17 heavy (non-hydrogen) atoms. The smallest absolute Gasteiger partial charge is 0.271 e. The summed E-state index contributed by atoms with van der Waals surface area (Å²) in [6.45, 7) is 5.86. The summed E-state index contributed by atoms with van der Waals surface area (Å²) in [6, 6.07) is 4.24. The number of nitrogen functional groups attached to an aromatic ring is 1. The molecule has 6 heteroatoms. The average molecular weight is 253 g/mol. The largest absolute Gasteiger partial charge is 0.397 e. The maximum absolute atomic E-state index is 10.7. The van der Waals surface area contributed by atoms with Crippen molar-refractivity contribution in [1.82, 2.24) is 0 Å². The summed E-state index contributed by atoms with van der Waals surface area (Å²) < 4.78 is 0. The molecule has 0 aliphatic rings. The van der Waals surface area contributed by atoms with Crippen LogP contribution in [0.15, 0.2) is 18.2 Å². The first-order chi connectivity index (χ1) is 7.71. The van der Waals surface area contributed by atoms with Gasteiger partial charge in [-0.3, -0.25) is 10.1 Å². The van der Waals surface area contributed by atoms with Gasteiger partial charge in [0.15, 0.2) is 0 Å². The van der Waals surface area contributed by atoms with Gasteiger partial charge in [-0.15, -0.1) is 0 Å². The van der Waals surface area contributed by atoms with Gasteiger partial charge in [0.2, 0.25) is 0 Å².